The Morgan fingerprint density at radius 2 is 1.65 bits per heavy atom. The summed E-state index contributed by atoms with van der Waals surface area (Å²) in [6, 6.07) is 7.90. The van der Waals surface area contributed by atoms with Gasteiger partial charge in [-0.2, -0.15) is 0 Å². The number of hydrogen-bond donors (Lipinski definition) is 2. The predicted molar refractivity (Wildman–Crippen MR) is 68.9 cm³/mol. The van der Waals surface area contributed by atoms with Gasteiger partial charge in [0, 0.05) is 6.04 Å². The van der Waals surface area contributed by atoms with Gasteiger partial charge in [0.05, 0.1) is 5.92 Å². The van der Waals surface area contributed by atoms with E-state index in [2.05, 4.69) is 26.0 Å². The first-order valence-electron chi connectivity index (χ1n) is 6.00. The van der Waals surface area contributed by atoms with Gasteiger partial charge in [0.1, 0.15) is 0 Å². The summed E-state index contributed by atoms with van der Waals surface area (Å²) < 4.78 is 0. The van der Waals surface area contributed by atoms with E-state index in [9.17, 15) is 4.79 Å². The SMILES string of the molecule is CC(CC(N)c1ccc(C(C)C)cc1)C(=O)O. The minimum Gasteiger partial charge on any atom is -0.481 e. The smallest absolute Gasteiger partial charge is 0.306 e. The fourth-order valence-corrected chi connectivity index (χ4v) is 1.75. The number of hydrogen-bond acceptors (Lipinski definition) is 2. The van der Waals surface area contributed by atoms with Gasteiger partial charge in [-0.3, -0.25) is 4.79 Å². The van der Waals surface area contributed by atoms with E-state index in [1.54, 1.807) is 6.92 Å². The molecule has 3 nitrogen and oxygen atoms in total. The third kappa shape index (κ3) is 3.86. The van der Waals surface area contributed by atoms with Crippen LogP contribution in [0.4, 0.5) is 0 Å². The molecule has 1 aromatic carbocycles. The molecule has 0 aliphatic carbocycles. The van der Waals surface area contributed by atoms with Crippen molar-refractivity contribution in [2.24, 2.45) is 11.7 Å². The molecule has 0 radical (unpaired) electrons. The highest BCUT2D eigenvalue weighted by Crippen LogP contribution is 2.21. The Morgan fingerprint density at radius 3 is 2.06 bits per heavy atom. The summed E-state index contributed by atoms with van der Waals surface area (Å²) in [7, 11) is 0. The second kappa shape index (κ2) is 5.82. The molecular weight excluding hydrogens is 214 g/mol. The van der Waals surface area contributed by atoms with Crippen LogP contribution in [0, 0.1) is 5.92 Å². The van der Waals surface area contributed by atoms with Crippen LogP contribution in [0.5, 0.6) is 0 Å². The van der Waals surface area contributed by atoms with Crippen LogP contribution in [0.3, 0.4) is 0 Å². The molecule has 17 heavy (non-hydrogen) atoms. The molecule has 0 aromatic heterocycles. The van der Waals surface area contributed by atoms with Crippen molar-refractivity contribution in [2.75, 3.05) is 0 Å². The Labute approximate surface area is 103 Å². The summed E-state index contributed by atoms with van der Waals surface area (Å²) >= 11 is 0. The maximum Gasteiger partial charge on any atom is 0.306 e. The molecule has 2 unspecified atom stereocenters. The molecule has 0 fully saturated rings. The maximum absolute atomic E-state index is 10.8. The first-order chi connectivity index (χ1) is 7.91. The molecule has 0 aliphatic heterocycles. The molecule has 0 spiro atoms. The standard InChI is InChI=1S/C14H21NO2/c1-9(2)11-4-6-12(7-5-11)13(15)8-10(3)14(16)17/h4-7,9-10,13H,8,15H2,1-3H3,(H,16,17). The molecule has 94 valence electrons. The van der Waals surface area contributed by atoms with Gasteiger partial charge in [-0.15, -0.1) is 0 Å². The van der Waals surface area contributed by atoms with Crippen molar-refractivity contribution < 1.29 is 9.90 Å². The summed E-state index contributed by atoms with van der Waals surface area (Å²) in [5, 5.41) is 8.84. The minimum absolute atomic E-state index is 0.206. The predicted octanol–water partition coefficient (Wildman–Crippen LogP) is 2.92. The second-order valence-corrected chi connectivity index (χ2v) is 4.90. The zero-order valence-electron chi connectivity index (χ0n) is 10.7. The van der Waals surface area contributed by atoms with Crippen molar-refractivity contribution in [3.05, 3.63) is 35.4 Å². The maximum atomic E-state index is 10.8. The molecule has 0 heterocycles. The van der Waals surface area contributed by atoms with Crippen LogP contribution in [0.15, 0.2) is 24.3 Å². The molecule has 0 saturated carbocycles. The number of nitrogens with two attached hydrogens (primary N) is 1. The zero-order chi connectivity index (χ0) is 13.0. The van der Waals surface area contributed by atoms with Crippen molar-refractivity contribution in [1.29, 1.82) is 0 Å². The lowest BCUT2D eigenvalue weighted by Gasteiger charge is -2.15. The third-order valence-electron chi connectivity index (χ3n) is 3.06. The largest absolute Gasteiger partial charge is 0.481 e. The van der Waals surface area contributed by atoms with Crippen LogP contribution in [0.2, 0.25) is 0 Å². The normalized spacial score (nSPS) is 14.6. The van der Waals surface area contributed by atoms with E-state index >= 15 is 0 Å². The van der Waals surface area contributed by atoms with Gasteiger partial charge in [0.2, 0.25) is 0 Å². The van der Waals surface area contributed by atoms with Crippen LogP contribution in [0.1, 0.15) is 50.3 Å². The molecule has 3 N–H and O–H groups in total. The molecule has 2 atom stereocenters. The highest BCUT2D eigenvalue weighted by atomic mass is 16.4. The van der Waals surface area contributed by atoms with Gasteiger partial charge in [-0.1, -0.05) is 45.0 Å². The van der Waals surface area contributed by atoms with E-state index in [0.29, 0.717) is 12.3 Å². The average molecular weight is 235 g/mol. The van der Waals surface area contributed by atoms with Crippen LogP contribution in [-0.2, 0) is 4.79 Å². The Morgan fingerprint density at radius 1 is 1.18 bits per heavy atom. The average Bonchev–Trinajstić information content (AvgIpc) is 2.28. The second-order valence-electron chi connectivity index (χ2n) is 4.90. The molecule has 0 saturated heterocycles. The van der Waals surface area contributed by atoms with E-state index in [-0.39, 0.29) is 6.04 Å². The lowest BCUT2D eigenvalue weighted by Crippen LogP contribution is -2.19. The van der Waals surface area contributed by atoms with Crippen molar-refractivity contribution in [1.82, 2.24) is 0 Å². The molecule has 0 aliphatic rings. The Hall–Kier alpha value is -1.35. The number of aliphatic carboxylic acids is 1. The summed E-state index contributed by atoms with van der Waals surface area (Å²) in [5.74, 6) is -0.702. The van der Waals surface area contributed by atoms with Gasteiger partial charge in [-0.05, 0) is 23.5 Å². The van der Waals surface area contributed by atoms with E-state index in [1.165, 1.54) is 5.56 Å². The Kier molecular flexibility index (Phi) is 4.70. The van der Waals surface area contributed by atoms with E-state index in [1.807, 2.05) is 12.1 Å². The number of benzene rings is 1. The topological polar surface area (TPSA) is 63.3 Å². The number of carbonyl (C=O) groups is 1. The third-order valence-corrected chi connectivity index (χ3v) is 3.06. The van der Waals surface area contributed by atoms with Crippen molar-refractivity contribution in [3.8, 4) is 0 Å². The number of carboxylic acid groups (broad SMARTS) is 1. The lowest BCUT2D eigenvalue weighted by atomic mass is 9.94. The monoisotopic (exact) mass is 235 g/mol. The molecule has 0 bridgehead atoms. The fraction of sp³-hybridized carbons (Fsp3) is 0.500. The van der Waals surface area contributed by atoms with E-state index in [4.69, 9.17) is 10.8 Å². The highest BCUT2D eigenvalue weighted by molar-refractivity contribution is 5.69. The molecule has 1 rings (SSSR count). The minimum atomic E-state index is -0.792. The number of rotatable bonds is 5. The lowest BCUT2D eigenvalue weighted by molar-refractivity contribution is -0.141. The molecule has 3 heteroatoms. The zero-order valence-corrected chi connectivity index (χ0v) is 10.7. The quantitative estimate of drug-likeness (QED) is 0.824. The summed E-state index contributed by atoms with van der Waals surface area (Å²) in [4.78, 5) is 10.8. The number of carboxylic acids is 1. The van der Waals surface area contributed by atoms with Gasteiger partial charge < -0.3 is 10.8 Å². The van der Waals surface area contributed by atoms with Crippen LogP contribution < -0.4 is 5.73 Å². The molecular formula is C14H21NO2. The molecule has 0 amide bonds. The Balaban J connectivity index is 2.69. The van der Waals surface area contributed by atoms with Crippen LogP contribution >= 0.6 is 0 Å². The van der Waals surface area contributed by atoms with Gasteiger partial charge in [-0.25, -0.2) is 0 Å². The molecule has 1 aromatic rings. The summed E-state index contributed by atoms with van der Waals surface area (Å²) in [6.45, 7) is 5.97. The van der Waals surface area contributed by atoms with Crippen molar-refractivity contribution in [2.45, 2.75) is 39.2 Å². The first kappa shape index (κ1) is 13.7. The van der Waals surface area contributed by atoms with Crippen molar-refractivity contribution >= 4 is 5.97 Å². The van der Waals surface area contributed by atoms with Gasteiger partial charge in [0.25, 0.3) is 0 Å². The first-order valence-corrected chi connectivity index (χ1v) is 6.00. The summed E-state index contributed by atoms with van der Waals surface area (Å²) in [5.41, 5.74) is 8.27. The van der Waals surface area contributed by atoms with E-state index in [0.717, 1.165) is 5.56 Å². The summed E-state index contributed by atoms with van der Waals surface area (Å²) in [6.07, 6.45) is 0.469. The highest BCUT2D eigenvalue weighted by Gasteiger charge is 2.16. The van der Waals surface area contributed by atoms with Crippen LogP contribution in [-0.4, -0.2) is 11.1 Å². The Bertz CT molecular complexity index is 370. The van der Waals surface area contributed by atoms with E-state index < -0.39 is 11.9 Å². The van der Waals surface area contributed by atoms with Crippen molar-refractivity contribution in [3.63, 3.8) is 0 Å². The van der Waals surface area contributed by atoms with Gasteiger partial charge >= 0.3 is 5.97 Å². The van der Waals surface area contributed by atoms with Crippen LogP contribution in [0.25, 0.3) is 0 Å². The van der Waals surface area contributed by atoms with Gasteiger partial charge in [0.15, 0.2) is 0 Å². The fourth-order valence-electron chi connectivity index (χ4n) is 1.75.